The van der Waals surface area contributed by atoms with Gasteiger partial charge in [-0.2, -0.15) is 0 Å². The number of carbonyl (C=O) groups excluding carboxylic acids is 2. The maximum absolute atomic E-state index is 11.1. The molecule has 0 saturated carbocycles. The van der Waals surface area contributed by atoms with E-state index in [1.54, 1.807) is 13.0 Å². The summed E-state index contributed by atoms with van der Waals surface area (Å²) in [6, 6.07) is 3.08. The van der Waals surface area contributed by atoms with Crippen LogP contribution in [0.1, 0.15) is 17.3 Å². The molecule has 0 aliphatic carbocycles. The molecule has 0 aliphatic heterocycles. The highest BCUT2D eigenvalue weighted by Gasteiger charge is 2.11. The molecule has 0 fully saturated rings. The van der Waals surface area contributed by atoms with Crippen molar-refractivity contribution in [1.82, 2.24) is 0 Å². The number of carbonyl (C=O) groups is 2. The van der Waals surface area contributed by atoms with Crippen LogP contribution in [0.15, 0.2) is 24.3 Å². The second-order valence-electron chi connectivity index (χ2n) is 3.83. The van der Waals surface area contributed by atoms with E-state index in [1.165, 1.54) is 32.4 Å². The van der Waals surface area contributed by atoms with Crippen LogP contribution in [-0.4, -0.2) is 39.7 Å². The Morgan fingerprint density at radius 3 is 2.38 bits per heavy atom. The summed E-state index contributed by atoms with van der Waals surface area (Å²) in [5, 5.41) is 0. The Morgan fingerprint density at radius 1 is 1.14 bits per heavy atom. The van der Waals surface area contributed by atoms with Gasteiger partial charge in [-0.1, -0.05) is 0 Å². The largest absolute Gasteiger partial charge is 0.493 e. The van der Waals surface area contributed by atoms with E-state index in [0.717, 1.165) is 0 Å². The number of rotatable bonds is 8. The molecule has 0 saturated heterocycles. The summed E-state index contributed by atoms with van der Waals surface area (Å²) in [7, 11) is 2.97. The molecule has 21 heavy (non-hydrogen) atoms. The first-order valence-corrected chi connectivity index (χ1v) is 6.33. The van der Waals surface area contributed by atoms with Crippen LogP contribution < -0.4 is 14.2 Å². The van der Waals surface area contributed by atoms with Gasteiger partial charge in [0.05, 0.1) is 26.4 Å². The van der Waals surface area contributed by atoms with Gasteiger partial charge in [0.2, 0.25) is 0 Å². The highest BCUT2D eigenvalue weighted by Crippen LogP contribution is 2.33. The molecule has 0 atom stereocenters. The lowest BCUT2D eigenvalue weighted by atomic mass is 10.2. The molecule has 1 aromatic carbocycles. The molecule has 0 N–H and O–H groups in total. The van der Waals surface area contributed by atoms with Crippen molar-refractivity contribution >= 4 is 12.3 Å². The van der Waals surface area contributed by atoms with Crippen molar-refractivity contribution in [2.75, 3.05) is 27.4 Å². The molecule has 6 heteroatoms. The van der Waals surface area contributed by atoms with Crippen molar-refractivity contribution in [1.29, 1.82) is 0 Å². The lowest BCUT2D eigenvalue weighted by Crippen LogP contribution is -2.02. The van der Waals surface area contributed by atoms with Gasteiger partial charge < -0.3 is 18.9 Å². The maximum atomic E-state index is 11.1. The monoisotopic (exact) mass is 294 g/mol. The number of benzene rings is 1. The van der Waals surface area contributed by atoms with E-state index in [1.807, 2.05) is 0 Å². The van der Waals surface area contributed by atoms with Crippen molar-refractivity contribution < 1.29 is 28.5 Å². The second-order valence-corrected chi connectivity index (χ2v) is 3.83. The Hall–Kier alpha value is -2.50. The zero-order valence-corrected chi connectivity index (χ0v) is 12.3. The molecule has 0 amide bonds. The molecule has 0 aliphatic rings. The Bertz CT molecular complexity index is 521. The van der Waals surface area contributed by atoms with Crippen LogP contribution in [0.3, 0.4) is 0 Å². The third kappa shape index (κ3) is 4.83. The van der Waals surface area contributed by atoms with E-state index in [0.29, 0.717) is 35.7 Å². The van der Waals surface area contributed by atoms with Crippen LogP contribution in [-0.2, 0) is 9.53 Å². The fourth-order valence-electron chi connectivity index (χ4n) is 1.57. The second kappa shape index (κ2) is 8.63. The van der Waals surface area contributed by atoms with Crippen LogP contribution in [0.5, 0.6) is 17.2 Å². The summed E-state index contributed by atoms with van der Waals surface area (Å²) in [5.41, 5.74) is 0.331. The fraction of sp³-hybridized carbons (Fsp3) is 0.333. The zero-order valence-electron chi connectivity index (χ0n) is 12.3. The van der Waals surface area contributed by atoms with Gasteiger partial charge >= 0.3 is 5.97 Å². The molecule has 0 heterocycles. The van der Waals surface area contributed by atoms with E-state index >= 15 is 0 Å². The van der Waals surface area contributed by atoms with E-state index in [2.05, 4.69) is 0 Å². The van der Waals surface area contributed by atoms with Crippen molar-refractivity contribution in [2.45, 2.75) is 6.92 Å². The molecule has 114 valence electrons. The highest BCUT2D eigenvalue weighted by molar-refractivity contribution is 5.82. The van der Waals surface area contributed by atoms with Crippen molar-refractivity contribution in [3.63, 3.8) is 0 Å². The molecule has 1 rings (SSSR count). The van der Waals surface area contributed by atoms with Crippen LogP contribution in [0, 0.1) is 0 Å². The lowest BCUT2D eigenvalue weighted by molar-refractivity contribution is -0.137. The van der Waals surface area contributed by atoms with Gasteiger partial charge in [-0.15, -0.1) is 0 Å². The standard InChI is InChI=1S/C15H18O6/c1-4-20-15(17)6-5-7-21-12-9-14(19-3)13(18-2)8-11(12)10-16/h5-6,8-10H,4,7H2,1-3H3/b6-5+. The van der Waals surface area contributed by atoms with Crippen LogP contribution in [0.25, 0.3) is 0 Å². The molecule has 1 aromatic rings. The van der Waals surface area contributed by atoms with Gasteiger partial charge in [0.1, 0.15) is 12.4 Å². The third-order valence-corrected chi connectivity index (χ3v) is 2.52. The first kappa shape index (κ1) is 16.6. The Labute approximate surface area is 123 Å². The van der Waals surface area contributed by atoms with Gasteiger partial charge in [-0.25, -0.2) is 4.79 Å². The van der Waals surface area contributed by atoms with Crippen LogP contribution >= 0.6 is 0 Å². The Morgan fingerprint density at radius 2 is 1.81 bits per heavy atom. The molecule has 0 aromatic heterocycles. The maximum Gasteiger partial charge on any atom is 0.330 e. The predicted octanol–water partition coefficient (Wildman–Crippen LogP) is 2.01. The third-order valence-electron chi connectivity index (χ3n) is 2.52. The first-order chi connectivity index (χ1) is 10.2. The zero-order chi connectivity index (χ0) is 15.7. The van der Waals surface area contributed by atoms with Crippen LogP contribution in [0.4, 0.5) is 0 Å². The number of hydrogen-bond donors (Lipinski definition) is 0. The molecule has 0 radical (unpaired) electrons. The molecular weight excluding hydrogens is 276 g/mol. The summed E-state index contributed by atoms with van der Waals surface area (Å²) >= 11 is 0. The molecule has 0 spiro atoms. The molecule has 0 bridgehead atoms. The summed E-state index contributed by atoms with van der Waals surface area (Å²) in [5.74, 6) is 0.793. The fourth-order valence-corrected chi connectivity index (χ4v) is 1.57. The summed E-state index contributed by atoms with van der Waals surface area (Å²) in [4.78, 5) is 22.2. The topological polar surface area (TPSA) is 71.1 Å². The average Bonchev–Trinajstić information content (AvgIpc) is 2.51. The van der Waals surface area contributed by atoms with Crippen LogP contribution in [0.2, 0.25) is 0 Å². The van der Waals surface area contributed by atoms with E-state index in [-0.39, 0.29) is 6.61 Å². The SMILES string of the molecule is CCOC(=O)/C=C/COc1cc(OC)c(OC)cc1C=O. The molecular formula is C15H18O6. The predicted molar refractivity (Wildman–Crippen MR) is 76.2 cm³/mol. The normalized spacial score (nSPS) is 10.2. The number of methoxy groups -OCH3 is 2. The number of hydrogen-bond acceptors (Lipinski definition) is 6. The van der Waals surface area contributed by atoms with Gasteiger partial charge in [0.25, 0.3) is 0 Å². The van der Waals surface area contributed by atoms with Gasteiger partial charge in [0.15, 0.2) is 17.8 Å². The van der Waals surface area contributed by atoms with Gasteiger partial charge in [-0.3, -0.25) is 4.79 Å². The van der Waals surface area contributed by atoms with Crippen molar-refractivity contribution in [3.05, 3.63) is 29.8 Å². The quantitative estimate of drug-likeness (QED) is 0.415. The lowest BCUT2D eigenvalue weighted by Gasteiger charge is -2.12. The van der Waals surface area contributed by atoms with E-state index < -0.39 is 5.97 Å². The summed E-state index contributed by atoms with van der Waals surface area (Å²) in [6.45, 7) is 2.16. The minimum atomic E-state index is -0.441. The van der Waals surface area contributed by atoms with Crippen molar-refractivity contribution in [2.24, 2.45) is 0 Å². The number of esters is 1. The molecule has 0 unspecified atom stereocenters. The minimum Gasteiger partial charge on any atom is -0.493 e. The average molecular weight is 294 g/mol. The number of ether oxygens (including phenoxy) is 4. The summed E-state index contributed by atoms with van der Waals surface area (Å²) < 4.78 is 20.4. The number of aldehydes is 1. The minimum absolute atomic E-state index is 0.120. The van der Waals surface area contributed by atoms with E-state index in [4.69, 9.17) is 18.9 Å². The molecule has 6 nitrogen and oxygen atoms in total. The Kier molecular flexibility index (Phi) is 6.80. The first-order valence-electron chi connectivity index (χ1n) is 6.33. The highest BCUT2D eigenvalue weighted by atomic mass is 16.5. The van der Waals surface area contributed by atoms with E-state index in [9.17, 15) is 9.59 Å². The summed E-state index contributed by atoms with van der Waals surface area (Å²) in [6.07, 6.45) is 3.43. The van der Waals surface area contributed by atoms with Gasteiger partial charge in [0, 0.05) is 12.1 Å². The Balaban J connectivity index is 2.78. The smallest absolute Gasteiger partial charge is 0.330 e. The van der Waals surface area contributed by atoms with Gasteiger partial charge in [-0.05, 0) is 19.1 Å². The van der Waals surface area contributed by atoms with Crippen molar-refractivity contribution in [3.8, 4) is 17.2 Å².